The van der Waals surface area contributed by atoms with Crippen molar-refractivity contribution in [1.29, 1.82) is 0 Å². The van der Waals surface area contributed by atoms with E-state index in [9.17, 15) is 4.79 Å². The molecule has 0 bridgehead atoms. The molecule has 3 rings (SSSR count). The summed E-state index contributed by atoms with van der Waals surface area (Å²) in [6.07, 6.45) is 2.01. The lowest BCUT2D eigenvalue weighted by molar-refractivity contribution is 0.103. The topological polar surface area (TPSA) is 38.3 Å². The average Bonchev–Trinajstić information content (AvgIpc) is 3.16. The van der Waals surface area contributed by atoms with Gasteiger partial charge >= 0.3 is 0 Å². The highest BCUT2D eigenvalue weighted by atomic mass is 32.1. The zero-order valence-electron chi connectivity index (χ0n) is 15.1. The van der Waals surface area contributed by atoms with Gasteiger partial charge in [-0.3, -0.25) is 4.79 Å². The number of aryl methyl sites for hydroxylation is 2. The maximum absolute atomic E-state index is 12.4. The van der Waals surface area contributed by atoms with Crippen LogP contribution in [0.15, 0.2) is 60.0 Å². The highest BCUT2D eigenvalue weighted by molar-refractivity contribution is 7.12. The summed E-state index contributed by atoms with van der Waals surface area (Å²) in [4.78, 5) is 13.1. The quantitative estimate of drug-likeness (QED) is 0.583. The van der Waals surface area contributed by atoms with Crippen LogP contribution in [0.25, 0.3) is 0 Å². The van der Waals surface area contributed by atoms with Gasteiger partial charge in [-0.05, 0) is 59.7 Å². The third kappa shape index (κ3) is 4.73. The summed E-state index contributed by atoms with van der Waals surface area (Å²) in [5.41, 5.74) is 4.36. The van der Waals surface area contributed by atoms with E-state index in [-0.39, 0.29) is 5.91 Å². The monoisotopic (exact) mass is 365 g/mol. The van der Waals surface area contributed by atoms with Gasteiger partial charge in [-0.25, -0.2) is 0 Å². The molecule has 0 saturated heterocycles. The molecule has 1 aromatic heterocycles. The Morgan fingerprint density at radius 1 is 0.923 bits per heavy atom. The van der Waals surface area contributed by atoms with E-state index < -0.39 is 0 Å². The van der Waals surface area contributed by atoms with Crippen molar-refractivity contribution < 1.29 is 9.53 Å². The predicted octanol–water partition coefficient (Wildman–Crippen LogP) is 5.70. The van der Waals surface area contributed by atoms with Gasteiger partial charge in [0.05, 0.1) is 4.88 Å². The standard InChI is InChI=1S/C22H23NO2S/c1-3-16-5-9-19(10-6-16)23-22(24)21-13-18(15-26-21)14-25-20-11-7-17(4-2)8-12-20/h5-13,15H,3-4,14H2,1-2H3,(H,23,24). The number of benzene rings is 2. The van der Waals surface area contributed by atoms with Crippen molar-refractivity contribution in [2.24, 2.45) is 0 Å². The van der Waals surface area contributed by atoms with E-state index in [0.717, 1.165) is 29.8 Å². The van der Waals surface area contributed by atoms with Crippen molar-refractivity contribution in [2.45, 2.75) is 33.3 Å². The molecule has 26 heavy (non-hydrogen) atoms. The molecule has 0 atom stereocenters. The minimum absolute atomic E-state index is 0.0854. The predicted molar refractivity (Wildman–Crippen MR) is 108 cm³/mol. The van der Waals surface area contributed by atoms with Crippen LogP contribution in [0.1, 0.15) is 40.2 Å². The van der Waals surface area contributed by atoms with Gasteiger partial charge in [-0.1, -0.05) is 38.1 Å². The van der Waals surface area contributed by atoms with Gasteiger partial charge in [0.25, 0.3) is 5.91 Å². The van der Waals surface area contributed by atoms with Gasteiger partial charge in [0.2, 0.25) is 0 Å². The van der Waals surface area contributed by atoms with E-state index in [1.54, 1.807) is 0 Å². The molecule has 0 saturated carbocycles. The van der Waals surface area contributed by atoms with Crippen LogP contribution in [-0.4, -0.2) is 5.91 Å². The number of hydrogen-bond acceptors (Lipinski definition) is 3. The maximum atomic E-state index is 12.4. The van der Waals surface area contributed by atoms with Crippen molar-refractivity contribution in [3.8, 4) is 5.75 Å². The van der Waals surface area contributed by atoms with Crippen molar-refractivity contribution in [3.63, 3.8) is 0 Å². The van der Waals surface area contributed by atoms with Gasteiger partial charge in [0.1, 0.15) is 12.4 Å². The Morgan fingerprint density at radius 2 is 1.54 bits per heavy atom. The minimum atomic E-state index is -0.0854. The van der Waals surface area contributed by atoms with Crippen LogP contribution in [0.5, 0.6) is 5.75 Å². The fraction of sp³-hybridized carbons (Fsp3) is 0.227. The summed E-state index contributed by atoms with van der Waals surface area (Å²) in [5.74, 6) is 0.758. The molecule has 3 nitrogen and oxygen atoms in total. The summed E-state index contributed by atoms with van der Waals surface area (Å²) in [7, 11) is 0. The Bertz CT molecular complexity index is 851. The van der Waals surface area contributed by atoms with Gasteiger partial charge in [-0.15, -0.1) is 11.3 Å². The van der Waals surface area contributed by atoms with Crippen LogP contribution in [-0.2, 0) is 19.4 Å². The summed E-state index contributed by atoms with van der Waals surface area (Å²) in [6.45, 7) is 4.70. The van der Waals surface area contributed by atoms with Crippen LogP contribution in [0, 0.1) is 0 Å². The van der Waals surface area contributed by atoms with Crippen molar-refractivity contribution >= 4 is 22.9 Å². The summed E-state index contributed by atoms with van der Waals surface area (Å²) >= 11 is 1.43. The first-order valence-corrected chi connectivity index (χ1v) is 9.75. The first-order chi connectivity index (χ1) is 12.7. The van der Waals surface area contributed by atoms with Crippen LogP contribution in [0.3, 0.4) is 0 Å². The number of ether oxygens (including phenoxy) is 1. The van der Waals surface area contributed by atoms with Crippen molar-refractivity contribution in [2.75, 3.05) is 5.32 Å². The first kappa shape index (κ1) is 18.2. The normalized spacial score (nSPS) is 10.5. The molecule has 4 heteroatoms. The van der Waals surface area contributed by atoms with E-state index >= 15 is 0 Å². The number of carbonyl (C=O) groups excluding carboxylic acids is 1. The smallest absolute Gasteiger partial charge is 0.265 e. The molecule has 2 aromatic carbocycles. The number of thiophene rings is 1. The molecule has 1 amide bonds. The molecule has 1 N–H and O–H groups in total. The number of rotatable bonds is 7. The van der Waals surface area contributed by atoms with Crippen LogP contribution >= 0.6 is 11.3 Å². The number of hydrogen-bond donors (Lipinski definition) is 1. The largest absolute Gasteiger partial charge is 0.489 e. The fourth-order valence-electron chi connectivity index (χ4n) is 2.57. The maximum Gasteiger partial charge on any atom is 0.265 e. The molecule has 0 fully saturated rings. The lowest BCUT2D eigenvalue weighted by Gasteiger charge is -2.06. The van der Waals surface area contributed by atoms with Crippen LogP contribution in [0.2, 0.25) is 0 Å². The summed E-state index contributed by atoms with van der Waals surface area (Å²) < 4.78 is 5.80. The van der Waals surface area contributed by atoms with Gasteiger partial charge < -0.3 is 10.1 Å². The van der Waals surface area contributed by atoms with Gasteiger partial charge in [0, 0.05) is 11.3 Å². The summed E-state index contributed by atoms with van der Waals surface area (Å²) in [5, 5.41) is 4.91. The number of amides is 1. The molecule has 0 spiro atoms. The zero-order valence-corrected chi connectivity index (χ0v) is 15.9. The average molecular weight is 365 g/mol. The second kappa shape index (κ2) is 8.68. The molecule has 134 valence electrons. The Kier molecular flexibility index (Phi) is 6.08. The highest BCUT2D eigenvalue weighted by Gasteiger charge is 2.10. The number of anilines is 1. The Morgan fingerprint density at radius 3 is 2.15 bits per heavy atom. The molecule has 0 aliphatic carbocycles. The minimum Gasteiger partial charge on any atom is -0.489 e. The van der Waals surface area contributed by atoms with E-state index in [0.29, 0.717) is 11.5 Å². The zero-order chi connectivity index (χ0) is 18.4. The third-order valence-corrected chi connectivity index (χ3v) is 5.21. The third-order valence-electron chi connectivity index (χ3n) is 4.23. The highest BCUT2D eigenvalue weighted by Crippen LogP contribution is 2.20. The molecule has 1 heterocycles. The molecule has 0 radical (unpaired) electrons. The molecule has 3 aromatic rings. The fourth-order valence-corrected chi connectivity index (χ4v) is 3.37. The van der Waals surface area contributed by atoms with E-state index in [2.05, 4.69) is 31.3 Å². The molecular weight excluding hydrogens is 342 g/mol. The second-order valence-electron chi connectivity index (χ2n) is 6.11. The lowest BCUT2D eigenvalue weighted by Crippen LogP contribution is -2.10. The van der Waals surface area contributed by atoms with Crippen molar-refractivity contribution in [1.82, 2.24) is 0 Å². The van der Waals surface area contributed by atoms with Gasteiger partial charge in [-0.2, -0.15) is 0 Å². The number of carbonyl (C=O) groups is 1. The lowest BCUT2D eigenvalue weighted by atomic mass is 10.1. The Labute approximate surface area is 158 Å². The van der Waals surface area contributed by atoms with Crippen LogP contribution in [0.4, 0.5) is 5.69 Å². The van der Waals surface area contributed by atoms with Crippen LogP contribution < -0.4 is 10.1 Å². The molecule has 0 aliphatic rings. The first-order valence-electron chi connectivity index (χ1n) is 8.87. The van der Waals surface area contributed by atoms with E-state index in [1.807, 2.05) is 47.8 Å². The van der Waals surface area contributed by atoms with Crippen molar-refractivity contribution in [3.05, 3.63) is 81.5 Å². The Balaban J connectivity index is 1.56. The van der Waals surface area contributed by atoms with E-state index in [4.69, 9.17) is 4.74 Å². The summed E-state index contributed by atoms with van der Waals surface area (Å²) in [6, 6.07) is 18.0. The molecular formula is C22H23NO2S. The van der Waals surface area contributed by atoms with E-state index in [1.165, 1.54) is 22.5 Å². The second-order valence-corrected chi connectivity index (χ2v) is 7.02. The molecule has 0 unspecified atom stereocenters. The number of nitrogens with one attached hydrogen (secondary N) is 1. The SMILES string of the molecule is CCc1ccc(NC(=O)c2cc(COc3ccc(CC)cc3)cs2)cc1. The van der Waals surface area contributed by atoms with Gasteiger partial charge in [0.15, 0.2) is 0 Å². The Hall–Kier alpha value is -2.59. The molecule has 0 aliphatic heterocycles.